The van der Waals surface area contributed by atoms with Crippen LogP contribution in [0.1, 0.15) is 31.1 Å². The van der Waals surface area contributed by atoms with Gasteiger partial charge in [-0.25, -0.2) is 9.88 Å². The maximum absolute atomic E-state index is 13.1. The van der Waals surface area contributed by atoms with Crippen molar-refractivity contribution in [2.75, 3.05) is 18.0 Å². The summed E-state index contributed by atoms with van der Waals surface area (Å²) in [7, 11) is 0. The number of hydrogen-bond donors (Lipinski definition) is 0. The molecule has 2 fully saturated rings. The Labute approximate surface area is 183 Å². The third-order valence-corrected chi connectivity index (χ3v) is 6.29. The van der Waals surface area contributed by atoms with Gasteiger partial charge >= 0.3 is 0 Å². The van der Waals surface area contributed by atoms with E-state index in [1.165, 1.54) is 4.90 Å². The molecule has 2 amide bonds. The Kier molecular flexibility index (Phi) is 5.01. The molecule has 5 rings (SSSR count). The number of piperidine rings is 1. The van der Waals surface area contributed by atoms with E-state index in [4.69, 9.17) is 27.6 Å². The second-order valence-electron chi connectivity index (χ2n) is 7.75. The summed E-state index contributed by atoms with van der Waals surface area (Å²) in [6.07, 6.45) is 1.82. The second kappa shape index (κ2) is 7.69. The topological polar surface area (TPSA) is 66.7 Å². The average molecular weight is 444 g/mol. The summed E-state index contributed by atoms with van der Waals surface area (Å²) in [5.74, 6) is 0.506. The number of para-hydroxylation sites is 2. The van der Waals surface area contributed by atoms with E-state index >= 15 is 0 Å². The van der Waals surface area contributed by atoms with Crippen LogP contribution in [0, 0.1) is 0 Å². The molecule has 1 atom stereocenters. The molecule has 2 aliphatic heterocycles. The largest absolute Gasteiger partial charge is 0.440 e. The van der Waals surface area contributed by atoms with Gasteiger partial charge in [0.1, 0.15) is 5.52 Å². The van der Waals surface area contributed by atoms with Gasteiger partial charge in [-0.1, -0.05) is 35.3 Å². The fourth-order valence-electron chi connectivity index (χ4n) is 4.36. The number of carbonyl (C=O) groups is 2. The molecule has 2 saturated heterocycles. The van der Waals surface area contributed by atoms with Crippen molar-refractivity contribution in [3.8, 4) is 0 Å². The summed E-state index contributed by atoms with van der Waals surface area (Å²) in [6, 6.07) is 12.0. The lowest BCUT2D eigenvalue weighted by molar-refractivity contribution is -0.123. The minimum absolute atomic E-state index is 0.163. The van der Waals surface area contributed by atoms with Gasteiger partial charge in [-0.15, -0.1) is 0 Å². The van der Waals surface area contributed by atoms with Crippen molar-refractivity contribution < 1.29 is 14.0 Å². The molecule has 0 aliphatic carbocycles. The van der Waals surface area contributed by atoms with E-state index in [-0.39, 0.29) is 24.2 Å². The van der Waals surface area contributed by atoms with E-state index in [9.17, 15) is 9.59 Å². The zero-order valence-corrected chi connectivity index (χ0v) is 17.6. The van der Waals surface area contributed by atoms with Crippen LogP contribution in [-0.2, 0) is 9.59 Å². The van der Waals surface area contributed by atoms with Crippen LogP contribution in [0.15, 0.2) is 46.9 Å². The number of halogens is 2. The Morgan fingerprint density at radius 2 is 1.70 bits per heavy atom. The Hall–Kier alpha value is -2.41. The van der Waals surface area contributed by atoms with Gasteiger partial charge in [-0.3, -0.25) is 14.5 Å². The number of nitrogens with zero attached hydrogens (tertiary/aromatic N) is 3. The van der Waals surface area contributed by atoms with Crippen LogP contribution in [0.25, 0.3) is 11.1 Å². The molecule has 30 heavy (non-hydrogen) atoms. The number of anilines is 1. The quantitative estimate of drug-likeness (QED) is 0.551. The number of oxazole rings is 1. The number of fused-ring (bicyclic) bond motifs is 1. The minimum Gasteiger partial charge on any atom is -0.440 e. The van der Waals surface area contributed by atoms with E-state index in [0.717, 1.165) is 29.8 Å². The number of amides is 2. The molecule has 1 aromatic heterocycles. The van der Waals surface area contributed by atoms with E-state index < -0.39 is 6.04 Å². The van der Waals surface area contributed by atoms with Crippen molar-refractivity contribution in [2.45, 2.75) is 31.2 Å². The highest BCUT2D eigenvalue weighted by atomic mass is 35.5. The molecule has 154 valence electrons. The van der Waals surface area contributed by atoms with Gasteiger partial charge in [-0.2, -0.15) is 0 Å². The molecular formula is C22H19Cl2N3O3. The number of hydrogen-bond acceptors (Lipinski definition) is 5. The van der Waals surface area contributed by atoms with Crippen molar-refractivity contribution in [2.24, 2.45) is 0 Å². The second-order valence-corrected chi connectivity index (χ2v) is 8.62. The van der Waals surface area contributed by atoms with Gasteiger partial charge in [0.15, 0.2) is 11.5 Å². The summed E-state index contributed by atoms with van der Waals surface area (Å²) in [6.45, 7) is 1.41. The first-order valence-corrected chi connectivity index (χ1v) is 10.7. The molecule has 6 nitrogen and oxygen atoms in total. The Morgan fingerprint density at radius 3 is 2.40 bits per heavy atom. The molecule has 2 aliphatic rings. The molecule has 3 aromatic rings. The molecule has 0 spiro atoms. The molecule has 3 heterocycles. The summed E-state index contributed by atoms with van der Waals surface area (Å²) >= 11 is 12.1. The van der Waals surface area contributed by atoms with Crippen LogP contribution in [0.5, 0.6) is 0 Å². The maximum atomic E-state index is 13.1. The standard InChI is InChI=1S/C22H19Cl2N3O3/c23-14-9-15(24)11-16(10-14)27-20(28)12-18(22(27)29)26-7-5-13(6-8-26)21-25-17-3-1-2-4-19(17)30-21/h1-4,9-11,13,18H,5-8,12H2/t18-/m1/s1. The van der Waals surface area contributed by atoms with Gasteiger partial charge in [0.05, 0.1) is 18.2 Å². The molecular weight excluding hydrogens is 425 g/mol. The van der Waals surface area contributed by atoms with Crippen molar-refractivity contribution >= 4 is 51.8 Å². The lowest BCUT2D eigenvalue weighted by atomic mass is 9.95. The first-order chi connectivity index (χ1) is 14.5. The smallest absolute Gasteiger partial charge is 0.251 e. The fraction of sp³-hybridized carbons (Fsp3) is 0.318. The zero-order valence-electron chi connectivity index (χ0n) is 16.1. The van der Waals surface area contributed by atoms with Crippen molar-refractivity contribution in [3.63, 3.8) is 0 Å². The Balaban J connectivity index is 1.29. The SMILES string of the molecule is O=C1C[C@@H](N2CCC(c3nc4ccccc4o3)CC2)C(=O)N1c1cc(Cl)cc(Cl)c1. The molecule has 0 unspecified atom stereocenters. The van der Waals surface area contributed by atoms with E-state index in [2.05, 4.69) is 9.88 Å². The summed E-state index contributed by atoms with van der Waals surface area (Å²) < 4.78 is 5.92. The molecule has 0 saturated carbocycles. The van der Waals surface area contributed by atoms with Crippen LogP contribution in [0.2, 0.25) is 10.0 Å². The Bertz CT molecular complexity index is 1080. The summed E-state index contributed by atoms with van der Waals surface area (Å²) in [5, 5.41) is 0.779. The monoisotopic (exact) mass is 443 g/mol. The molecule has 0 bridgehead atoms. The first kappa shape index (κ1) is 19.5. The number of likely N-dealkylation sites (tertiary alicyclic amines) is 1. The third-order valence-electron chi connectivity index (χ3n) is 5.86. The molecule has 8 heteroatoms. The first-order valence-electron chi connectivity index (χ1n) is 9.92. The predicted molar refractivity (Wildman–Crippen MR) is 115 cm³/mol. The van der Waals surface area contributed by atoms with Crippen molar-refractivity contribution in [1.82, 2.24) is 9.88 Å². The normalized spacial score (nSPS) is 21.1. The highest BCUT2D eigenvalue weighted by Crippen LogP contribution is 2.34. The van der Waals surface area contributed by atoms with Crippen LogP contribution < -0.4 is 4.90 Å². The van der Waals surface area contributed by atoms with E-state index in [0.29, 0.717) is 28.8 Å². The fourth-order valence-corrected chi connectivity index (χ4v) is 4.88. The van der Waals surface area contributed by atoms with E-state index in [1.807, 2.05) is 24.3 Å². The van der Waals surface area contributed by atoms with E-state index in [1.54, 1.807) is 18.2 Å². The lowest BCUT2D eigenvalue weighted by Crippen LogP contribution is -2.45. The van der Waals surface area contributed by atoms with Gasteiger partial charge in [0.2, 0.25) is 5.91 Å². The third kappa shape index (κ3) is 3.49. The maximum Gasteiger partial charge on any atom is 0.251 e. The number of carbonyl (C=O) groups excluding carboxylic acids is 2. The van der Waals surface area contributed by atoms with Crippen molar-refractivity contribution in [1.29, 1.82) is 0 Å². The zero-order chi connectivity index (χ0) is 20.8. The summed E-state index contributed by atoms with van der Waals surface area (Å²) in [5.41, 5.74) is 2.08. The highest BCUT2D eigenvalue weighted by Gasteiger charge is 2.44. The lowest BCUT2D eigenvalue weighted by Gasteiger charge is -2.33. The number of benzene rings is 2. The van der Waals surface area contributed by atoms with Gasteiger partial charge in [0.25, 0.3) is 5.91 Å². The number of imide groups is 1. The Morgan fingerprint density at radius 1 is 1.00 bits per heavy atom. The van der Waals surface area contributed by atoms with Crippen LogP contribution in [-0.4, -0.2) is 40.8 Å². The highest BCUT2D eigenvalue weighted by molar-refractivity contribution is 6.35. The van der Waals surface area contributed by atoms with Crippen molar-refractivity contribution in [3.05, 3.63) is 58.4 Å². The number of aromatic nitrogens is 1. The molecule has 2 aromatic carbocycles. The predicted octanol–water partition coefficient (Wildman–Crippen LogP) is 4.65. The number of rotatable bonds is 3. The van der Waals surface area contributed by atoms with Gasteiger partial charge in [-0.05, 0) is 56.3 Å². The summed E-state index contributed by atoms with van der Waals surface area (Å²) in [4.78, 5) is 33.6. The minimum atomic E-state index is -0.458. The van der Waals surface area contributed by atoms with Crippen LogP contribution in [0.4, 0.5) is 5.69 Å². The van der Waals surface area contributed by atoms with Crippen LogP contribution in [0.3, 0.4) is 0 Å². The molecule has 0 N–H and O–H groups in total. The average Bonchev–Trinajstić information content (AvgIpc) is 3.28. The van der Waals surface area contributed by atoms with Gasteiger partial charge < -0.3 is 4.42 Å². The molecule has 0 radical (unpaired) electrons. The van der Waals surface area contributed by atoms with Gasteiger partial charge in [0, 0.05) is 16.0 Å². The van der Waals surface area contributed by atoms with Crippen LogP contribution >= 0.6 is 23.2 Å².